The van der Waals surface area contributed by atoms with Crippen molar-refractivity contribution in [3.63, 3.8) is 0 Å². The van der Waals surface area contributed by atoms with Crippen LogP contribution in [0.2, 0.25) is 0 Å². The zero-order valence-corrected chi connectivity index (χ0v) is 14.5. The number of amides is 2. The van der Waals surface area contributed by atoms with E-state index in [9.17, 15) is 9.59 Å². The van der Waals surface area contributed by atoms with E-state index in [4.69, 9.17) is 0 Å². The van der Waals surface area contributed by atoms with Gasteiger partial charge < -0.3 is 5.32 Å². The van der Waals surface area contributed by atoms with E-state index in [0.717, 1.165) is 16.9 Å². The molecule has 0 aliphatic heterocycles. The maximum atomic E-state index is 12.2. The molecule has 126 valence electrons. The molecule has 2 amide bonds. The highest BCUT2D eigenvalue weighted by Gasteiger charge is 2.10. The van der Waals surface area contributed by atoms with E-state index >= 15 is 0 Å². The van der Waals surface area contributed by atoms with E-state index in [1.807, 2.05) is 54.8 Å². The van der Waals surface area contributed by atoms with Crippen LogP contribution >= 0.6 is 11.3 Å². The normalized spacial score (nSPS) is 10.3. The maximum Gasteiger partial charge on any atom is 0.257 e. The summed E-state index contributed by atoms with van der Waals surface area (Å²) in [6.45, 7) is 1.81. The third-order valence-corrected chi connectivity index (χ3v) is 4.30. The van der Waals surface area contributed by atoms with Crippen LogP contribution in [-0.2, 0) is 4.79 Å². The molecule has 0 unspecified atom stereocenters. The first kappa shape index (κ1) is 16.9. The van der Waals surface area contributed by atoms with E-state index in [2.05, 4.69) is 15.6 Å². The van der Waals surface area contributed by atoms with Crippen LogP contribution in [0, 0.1) is 0 Å². The molecule has 3 aromatic rings. The third kappa shape index (κ3) is 4.30. The van der Waals surface area contributed by atoms with Crippen molar-refractivity contribution in [1.29, 1.82) is 0 Å². The lowest BCUT2D eigenvalue weighted by Crippen LogP contribution is -2.11. The number of hydrogen-bond acceptors (Lipinski definition) is 4. The minimum Gasteiger partial charge on any atom is -0.326 e. The summed E-state index contributed by atoms with van der Waals surface area (Å²) in [5.74, 6) is -0.202. The number of hydrogen-bond donors (Lipinski definition) is 2. The van der Waals surface area contributed by atoms with Crippen LogP contribution in [0.3, 0.4) is 0 Å². The molecule has 0 bridgehead atoms. The van der Waals surface area contributed by atoms with Gasteiger partial charge in [0, 0.05) is 28.6 Å². The summed E-state index contributed by atoms with van der Waals surface area (Å²) in [7, 11) is 0. The van der Waals surface area contributed by atoms with E-state index < -0.39 is 0 Å². The Morgan fingerprint density at radius 1 is 1.00 bits per heavy atom. The Bertz CT molecular complexity index is 873. The van der Waals surface area contributed by atoms with Gasteiger partial charge in [0.1, 0.15) is 0 Å². The van der Waals surface area contributed by atoms with Gasteiger partial charge in [0.05, 0.1) is 5.69 Å². The van der Waals surface area contributed by atoms with Crippen LogP contribution in [0.4, 0.5) is 10.8 Å². The lowest BCUT2D eigenvalue weighted by atomic mass is 10.1. The highest BCUT2D eigenvalue weighted by Crippen LogP contribution is 2.26. The Morgan fingerprint density at radius 3 is 2.40 bits per heavy atom. The van der Waals surface area contributed by atoms with Gasteiger partial charge in [0.25, 0.3) is 5.91 Å². The number of carbonyl (C=O) groups is 2. The molecule has 5 nitrogen and oxygen atoms in total. The Hall–Kier alpha value is -2.99. The predicted octanol–water partition coefficient (Wildman–Crippen LogP) is 4.41. The van der Waals surface area contributed by atoms with Crippen molar-refractivity contribution >= 4 is 34.0 Å². The van der Waals surface area contributed by atoms with Crippen LogP contribution in [0.1, 0.15) is 23.7 Å². The Labute approximate surface area is 149 Å². The van der Waals surface area contributed by atoms with Gasteiger partial charge in [0.2, 0.25) is 5.91 Å². The van der Waals surface area contributed by atoms with Crippen LogP contribution < -0.4 is 10.6 Å². The monoisotopic (exact) mass is 351 g/mol. The zero-order valence-electron chi connectivity index (χ0n) is 13.7. The highest BCUT2D eigenvalue weighted by atomic mass is 32.1. The molecule has 0 radical (unpaired) electrons. The van der Waals surface area contributed by atoms with Crippen LogP contribution in [0.25, 0.3) is 11.3 Å². The molecule has 3 rings (SSSR count). The number of nitrogens with zero attached hydrogens (tertiary/aromatic N) is 1. The van der Waals surface area contributed by atoms with Crippen molar-refractivity contribution in [3.05, 3.63) is 65.5 Å². The van der Waals surface area contributed by atoms with Gasteiger partial charge in [-0.3, -0.25) is 14.9 Å². The number of carbonyl (C=O) groups excluding carboxylic acids is 2. The lowest BCUT2D eigenvalue weighted by molar-refractivity contribution is -0.115. The molecular weight excluding hydrogens is 334 g/mol. The van der Waals surface area contributed by atoms with Gasteiger partial charge >= 0.3 is 0 Å². The van der Waals surface area contributed by atoms with Crippen LogP contribution in [0.15, 0.2) is 60.0 Å². The Kier molecular flexibility index (Phi) is 5.20. The summed E-state index contributed by atoms with van der Waals surface area (Å²) in [5.41, 5.74) is 3.05. The molecule has 0 saturated heterocycles. The van der Waals surface area contributed by atoms with Gasteiger partial charge in [-0.25, -0.2) is 4.98 Å². The molecule has 0 spiro atoms. The molecule has 2 aromatic carbocycles. The van der Waals surface area contributed by atoms with Gasteiger partial charge in [-0.2, -0.15) is 0 Å². The molecule has 2 N–H and O–H groups in total. The molecule has 0 aliphatic carbocycles. The third-order valence-electron chi connectivity index (χ3n) is 3.55. The zero-order chi connectivity index (χ0) is 17.6. The van der Waals surface area contributed by atoms with Crippen LogP contribution in [-0.4, -0.2) is 16.8 Å². The average molecular weight is 351 g/mol. The number of nitrogens with one attached hydrogen (secondary N) is 2. The summed E-state index contributed by atoms with van der Waals surface area (Å²) in [6, 6.07) is 16.5. The molecule has 0 aliphatic rings. The molecule has 0 atom stereocenters. The fourth-order valence-corrected chi connectivity index (χ4v) is 2.91. The first-order valence-corrected chi connectivity index (χ1v) is 8.76. The molecule has 6 heteroatoms. The van der Waals surface area contributed by atoms with E-state index in [-0.39, 0.29) is 11.8 Å². The van der Waals surface area contributed by atoms with Crippen molar-refractivity contribution in [2.45, 2.75) is 13.3 Å². The summed E-state index contributed by atoms with van der Waals surface area (Å²) < 4.78 is 0. The van der Waals surface area contributed by atoms with Gasteiger partial charge in [0.15, 0.2) is 5.13 Å². The second-order valence-electron chi connectivity index (χ2n) is 5.34. The average Bonchev–Trinajstić information content (AvgIpc) is 3.11. The summed E-state index contributed by atoms with van der Waals surface area (Å²) in [6.07, 6.45) is 0.443. The molecule has 1 aromatic heterocycles. The van der Waals surface area contributed by atoms with Crippen LogP contribution in [0.5, 0.6) is 0 Å². The second kappa shape index (κ2) is 7.72. The number of benzene rings is 2. The SMILES string of the molecule is CCC(=O)Nc1ccc(-c2csc(NC(=O)c3ccccc3)n2)cc1. The minimum atomic E-state index is -0.181. The Morgan fingerprint density at radius 2 is 1.72 bits per heavy atom. The largest absolute Gasteiger partial charge is 0.326 e. The molecule has 0 fully saturated rings. The number of thiazole rings is 1. The first-order chi connectivity index (χ1) is 12.2. The van der Waals surface area contributed by atoms with Crippen molar-refractivity contribution in [1.82, 2.24) is 4.98 Å². The van der Waals surface area contributed by atoms with E-state index in [0.29, 0.717) is 17.1 Å². The smallest absolute Gasteiger partial charge is 0.257 e. The highest BCUT2D eigenvalue weighted by molar-refractivity contribution is 7.14. The summed E-state index contributed by atoms with van der Waals surface area (Å²) in [4.78, 5) is 28.0. The van der Waals surface area contributed by atoms with Crippen molar-refractivity contribution < 1.29 is 9.59 Å². The molecule has 0 saturated carbocycles. The van der Waals surface area contributed by atoms with E-state index in [1.54, 1.807) is 12.1 Å². The fourth-order valence-electron chi connectivity index (χ4n) is 2.20. The molecule has 1 heterocycles. The van der Waals surface area contributed by atoms with Crippen molar-refractivity contribution in [2.24, 2.45) is 0 Å². The predicted molar refractivity (Wildman–Crippen MR) is 101 cm³/mol. The van der Waals surface area contributed by atoms with Gasteiger partial charge in [-0.1, -0.05) is 37.3 Å². The summed E-state index contributed by atoms with van der Waals surface area (Å²) in [5, 5.41) is 8.05. The van der Waals surface area contributed by atoms with Crippen molar-refractivity contribution in [2.75, 3.05) is 10.6 Å². The number of aromatic nitrogens is 1. The number of anilines is 2. The molecule has 25 heavy (non-hydrogen) atoms. The topological polar surface area (TPSA) is 71.1 Å². The second-order valence-corrected chi connectivity index (χ2v) is 6.20. The van der Waals surface area contributed by atoms with Gasteiger partial charge in [-0.15, -0.1) is 11.3 Å². The molecular formula is C19H17N3O2S. The lowest BCUT2D eigenvalue weighted by Gasteiger charge is -2.04. The Balaban J connectivity index is 1.69. The number of rotatable bonds is 5. The van der Waals surface area contributed by atoms with Crippen molar-refractivity contribution in [3.8, 4) is 11.3 Å². The minimum absolute atomic E-state index is 0.0210. The quantitative estimate of drug-likeness (QED) is 0.715. The summed E-state index contributed by atoms with van der Waals surface area (Å²) >= 11 is 1.37. The standard InChI is InChI=1S/C19H17N3O2S/c1-2-17(23)20-15-10-8-13(9-11-15)16-12-25-19(21-16)22-18(24)14-6-4-3-5-7-14/h3-12H,2H2,1H3,(H,20,23)(H,21,22,24). The maximum absolute atomic E-state index is 12.2. The fraction of sp³-hybridized carbons (Fsp3) is 0.105. The first-order valence-electron chi connectivity index (χ1n) is 7.88. The van der Waals surface area contributed by atoms with Gasteiger partial charge in [-0.05, 0) is 24.3 Å². The van der Waals surface area contributed by atoms with E-state index in [1.165, 1.54) is 11.3 Å².